The van der Waals surface area contributed by atoms with E-state index in [4.69, 9.17) is 9.47 Å². The number of ether oxygens (including phenoxy) is 2. The number of nitrogens with one attached hydrogen (secondary N) is 2. The number of carbonyl (C=O) groups is 2. The number of carbonyl (C=O) groups excluding carboxylic acids is 2. The molecule has 0 aliphatic carbocycles. The van der Waals surface area contributed by atoms with Crippen molar-refractivity contribution in [2.24, 2.45) is 0 Å². The van der Waals surface area contributed by atoms with Crippen LogP contribution in [0.2, 0.25) is 0 Å². The highest BCUT2D eigenvalue weighted by Crippen LogP contribution is 2.17. The first-order valence-electron chi connectivity index (χ1n) is 8.54. The second kappa shape index (κ2) is 10.4. The lowest BCUT2D eigenvalue weighted by Crippen LogP contribution is -2.19. The Morgan fingerprint density at radius 3 is 2.46 bits per heavy atom. The fourth-order valence-electron chi connectivity index (χ4n) is 2.40. The molecular weight excluding hydrogens is 358 g/mol. The van der Waals surface area contributed by atoms with Gasteiger partial charge in [-0.3, -0.25) is 4.79 Å². The van der Waals surface area contributed by atoms with Gasteiger partial charge in [-0.05, 0) is 36.2 Å². The molecule has 2 rings (SSSR count). The summed E-state index contributed by atoms with van der Waals surface area (Å²) in [5.74, 6) is -0.404. The summed E-state index contributed by atoms with van der Waals surface area (Å²) in [6.45, 7) is 0.545. The van der Waals surface area contributed by atoms with E-state index in [-0.39, 0.29) is 16.8 Å². The van der Waals surface area contributed by atoms with E-state index in [1.54, 1.807) is 25.3 Å². The highest BCUT2D eigenvalue weighted by atomic mass is 16.5. The molecule has 0 unspecified atom stereocenters. The number of hydrogen-bond donors (Lipinski definition) is 2. The molecule has 0 radical (unpaired) electrons. The minimum atomic E-state index is -0.615. The molecule has 0 saturated carbocycles. The van der Waals surface area contributed by atoms with E-state index in [1.807, 2.05) is 30.3 Å². The summed E-state index contributed by atoms with van der Waals surface area (Å²) >= 11 is 0. The number of hydrogen-bond acceptors (Lipinski definition) is 6. The lowest BCUT2D eigenvalue weighted by molar-refractivity contribution is -0.112. The van der Waals surface area contributed by atoms with Crippen molar-refractivity contribution in [1.29, 1.82) is 5.26 Å². The maximum Gasteiger partial charge on any atom is 0.339 e. The van der Waals surface area contributed by atoms with Gasteiger partial charge in [-0.1, -0.05) is 24.3 Å². The average Bonchev–Trinajstić information content (AvgIpc) is 2.74. The van der Waals surface area contributed by atoms with Gasteiger partial charge >= 0.3 is 5.97 Å². The third-order valence-electron chi connectivity index (χ3n) is 3.91. The smallest absolute Gasteiger partial charge is 0.339 e. The van der Waals surface area contributed by atoms with Crippen LogP contribution in [0.5, 0.6) is 5.75 Å². The van der Waals surface area contributed by atoms with E-state index in [0.29, 0.717) is 13.0 Å². The zero-order valence-electron chi connectivity index (χ0n) is 15.7. The van der Waals surface area contributed by atoms with Crippen molar-refractivity contribution < 1.29 is 19.1 Å². The molecule has 0 heterocycles. The number of para-hydroxylation sites is 1. The maximum atomic E-state index is 12.3. The zero-order valence-corrected chi connectivity index (χ0v) is 15.7. The molecule has 0 saturated heterocycles. The molecule has 2 aromatic rings. The van der Waals surface area contributed by atoms with Crippen LogP contribution in [0.4, 0.5) is 5.69 Å². The molecule has 0 aromatic heterocycles. The lowest BCUT2D eigenvalue weighted by Gasteiger charge is -2.09. The van der Waals surface area contributed by atoms with Gasteiger partial charge in [0.25, 0.3) is 5.91 Å². The molecule has 0 fully saturated rings. The second-order valence-corrected chi connectivity index (χ2v) is 5.71. The van der Waals surface area contributed by atoms with Crippen LogP contribution in [0.15, 0.2) is 60.3 Å². The first kappa shape index (κ1) is 20.5. The predicted octanol–water partition coefficient (Wildman–Crippen LogP) is 2.66. The Hall–Kier alpha value is -3.79. The number of benzene rings is 2. The van der Waals surface area contributed by atoms with Crippen molar-refractivity contribution >= 4 is 17.6 Å². The van der Waals surface area contributed by atoms with Crippen molar-refractivity contribution in [1.82, 2.24) is 5.32 Å². The number of esters is 1. The van der Waals surface area contributed by atoms with E-state index in [9.17, 15) is 14.9 Å². The van der Waals surface area contributed by atoms with Gasteiger partial charge in [0.1, 0.15) is 17.4 Å². The van der Waals surface area contributed by atoms with Crippen molar-refractivity contribution in [3.8, 4) is 11.8 Å². The normalized spacial score (nSPS) is 10.5. The minimum absolute atomic E-state index is 0.102. The number of anilines is 1. The van der Waals surface area contributed by atoms with Crippen LogP contribution in [-0.4, -0.2) is 32.6 Å². The Balaban J connectivity index is 1.95. The van der Waals surface area contributed by atoms with Gasteiger partial charge in [0.15, 0.2) is 0 Å². The third kappa shape index (κ3) is 5.61. The largest absolute Gasteiger partial charge is 0.497 e. The first-order valence-corrected chi connectivity index (χ1v) is 8.54. The Kier molecular flexibility index (Phi) is 7.61. The molecule has 7 nitrogen and oxygen atoms in total. The van der Waals surface area contributed by atoms with Crippen LogP contribution >= 0.6 is 0 Å². The van der Waals surface area contributed by atoms with Crippen molar-refractivity contribution in [3.05, 3.63) is 71.4 Å². The van der Waals surface area contributed by atoms with Crippen LogP contribution in [-0.2, 0) is 16.0 Å². The van der Waals surface area contributed by atoms with Gasteiger partial charge in [-0.15, -0.1) is 0 Å². The van der Waals surface area contributed by atoms with Gasteiger partial charge in [-0.2, -0.15) is 5.26 Å². The summed E-state index contributed by atoms with van der Waals surface area (Å²) < 4.78 is 9.80. The summed E-state index contributed by atoms with van der Waals surface area (Å²) in [5.41, 5.74) is 1.48. The number of rotatable bonds is 8. The molecular formula is C21H21N3O4. The molecule has 1 amide bonds. The van der Waals surface area contributed by atoms with Crippen molar-refractivity contribution in [3.63, 3.8) is 0 Å². The highest BCUT2D eigenvalue weighted by molar-refractivity contribution is 6.09. The van der Waals surface area contributed by atoms with Crippen LogP contribution < -0.4 is 15.4 Å². The number of amides is 1. The van der Waals surface area contributed by atoms with E-state index < -0.39 is 11.9 Å². The molecule has 0 atom stereocenters. The summed E-state index contributed by atoms with van der Waals surface area (Å²) in [5, 5.41) is 14.8. The maximum absolute atomic E-state index is 12.3. The van der Waals surface area contributed by atoms with Gasteiger partial charge in [0.05, 0.1) is 25.5 Å². The van der Waals surface area contributed by atoms with E-state index in [0.717, 1.165) is 11.3 Å². The zero-order chi connectivity index (χ0) is 20.4. The van der Waals surface area contributed by atoms with Crippen molar-refractivity contribution in [2.45, 2.75) is 6.42 Å². The fourth-order valence-corrected chi connectivity index (χ4v) is 2.40. The standard InChI is InChI=1S/C21H21N3O4/c1-27-17-9-7-15(8-10-17)11-12-23-14-16(13-22)20(25)24-19-6-4-3-5-18(19)21(26)28-2/h3-10,14,23H,11-12H2,1-2H3,(H,24,25)/b16-14-. The van der Waals surface area contributed by atoms with Crippen LogP contribution in [0.1, 0.15) is 15.9 Å². The van der Waals surface area contributed by atoms with Crippen LogP contribution in [0.25, 0.3) is 0 Å². The van der Waals surface area contributed by atoms with Crippen LogP contribution in [0, 0.1) is 11.3 Å². The molecule has 28 heavy (non-hydrogen) atoms. The average molecular weight is 379 g/mol. The molecule has 2 N–H and O–H groups in total. The Bertz CT molecular complexity index is 899. The van der Waals surface area contributed by atoms with Crippen LogP contribution in [0.3, 0.4) is 0 Å². The number of methoxy groups -OCH3 is 2. The Morgan fingerprint density at radius 2 is 1.82 bits per heavy atom. The monoisotopic (exact) mass is 379 g/mol. The van der Waals surface area contributed by atoms with Gasteiger partial charge in [0.2, 0.25) is 0 Å². The van der Waals surface area contributed by atoms with Gasteiger partial charge in [-0.25, -0.2) is 4.79 Å². The first-order chi connectivity index (χ1) is 13.6. The summed E-state index contributed by atoms with van der Waals surface area (Å²) in [7, 11) is 2.87. The number of nitrogens with zero attached hydrogens (tertiary/aromatic N) is 1. The molecule has 7 heteroatoms. The summed E-state index contributed by atoms with van der Waals surface area (Å²) in [4.78, 5) is 24.1. The predicted molar refractivity (Wildman–Crippen MR) is 105 cm³/mol. The Morgan fingerprint density at radius 1 is 1.11 bits per heavy atom. The number of nitriles is 1. The molecule has 0 spiro atoms. The summed E-state index contributed by atoms with van der Waals surface area (Å²) in [6, 6.07) is 15.9. The highest BCUT2D eigenvalue weighted by Gasteiger charge is 2.15. The molecule has 2 aromatic carbocycles. The van der Waals surface area contributed by atoms with Gasteiger partial charge in [0, 0.05) is 12.7 Å². The SMILES string of the molecule is COC(=O)c1ccccc1NC(=O)/C(C#N)=C\NCCc1ccc(OC)cc1. The fraction of sp³-hybridized carbons (Fsp3) is 0.190. The molecule has 0 aliphatic rings. The Labute approximate surface area is 163 Å². The van der Waals surface area contributed by atoms with E-state index in [1.165, 1.54) is 19.4 Å². The minimum Gasteiger partial charge on any atom is -0.497 e. The van der Waals surface area contributed by atoms with E-state index in [2.05, 4.69) is 10.6 Å². The quantitative estimate of drug-likeness (QED) is 0.317. The van der Waals surface area contributed by atoms with Crippen molar-refractivity contribution in [2.75, 3.05) is 26.1 Å². The van der Waals surface area contributed by atoms with E-state index >= 15 is 0 Å². The second-order valence-electron chi connectivity index (χ2n) is 5.71. The van der Waals surface area contributed by atoms with Gasteiger partial charge < -0.3 is 20.1 Å². The molecule has 0 bridgehead atoms. The molecule has 144 valence electrons. The topological polar surface area (TPSA) is 100 Å². The molecule has 0 aliphatic heterocycles. The third-order valence-corrected chi connectivity index (χ3v) is 3.91. The lowest BCUT2D eigenvalue weighted by atomic mass is 10.1. The summed E-state index contributed by atoms with van der Waals surface area (Å²) in [6.07, 6.45) is 2.08.